The number of hydrogen-bond acceptors (Lipinski definition) is 2. The second kappa shape index (κ2) is 5.86. The van der Waals surface area contributed by atoms with Gasteiger partial charge >= 0.3 is 0 Å². The van der Waals surface area contributed by atoms with Gasteiger partial charge in [-0.15, -0.1) is 0 Å². The van der Waals surface area contributed by atoms with Crippen molar-refractivity contribution in [1.82, 2.24) is 5.32 Å². The first-order valence-corrected chi connectivity index (χ1v) is 6.12. The topological polar surface area (TPSA) is 38.0 Å². The Hall–Kier alpha value is -0.0800. The average Bonchev–Trinajstić information content (AvgIpc) is 1.97. The van der Waals surface area contributed by atoms with Crippen LogP contribution in [0.1, 0.15) is 53.9 Å². The summed E-state index contributed by atoms with van der Waals surface area (Å²) in [6, 6.07) is 0.425. The molecule has 1 saturated carbocycles. The zero-order valence-electron chi connectivity index (χ0n) is 11.5. The zero-order valence-corrected chi connectivity index (χ0v) is 11.5. The van der Waals surface area contributed by atoms with E-state index in [0.29, 0.717) is 16.9 Å². The van der Waals surface area contributed by atoms with E-state index in [-0.39, 0.29) is 0 Å². The highest BCUT2D eigenvalue weighted by molar-refractivity contribution is 4.90. The van der Waals surface area contributed by atoms with E-state index in [1.165, 1.54) is 19.3 Å². The summed E-state index contributed by atoms with van der Waals surface area (Å²) in [5.74, 6) is 0. The third-order valence-electron chi connectivity index (χ3n) is 2.94. The van der Waals surface area contributed by atoms with Crippen molar-refractivity contribution in [2.75, 3.05) is 13.6 Å². The van der Waals surface area contributed by atoms with Crippen molar-refractivity contribution in [2.24, 2.45) is 16.6 Å². The summed E-state index contributed by atoms with van der Waals surface area (Å²) in [5.41, 5.74) is 6.90. The van der Waals surface area contributed by atoms with Gasteiger partial charge in [0.2, 0.25) is 0 Å². The molecule has 1 rings (SSSR count). The normalized spacial score (nSPS) is 24.2. The Morgan fingerprint density at radius 2 is 1.47 bits per heavy atom. The molecule has 1 aliphatic rings. The van der Waals surface area contributed by atoms with Crippen LogP contribution in [0.15, 0.2) is 0 Å². The van der Waals surface area contributed by atoms with Gasteiger partial charge in [0.25, 0.3) is 0 Å². The first kappa shape index (κ1) is 14.9. The maximum atomic E-state index is 5.99. The number of nitrogens with one attached hydrogen (secondary N) is 1. The predicted octanol–water partition coefficient (Wildman–Crippen LogP) is 2.78. The van der Waals surface area contributed by atoms with Gasteiger partial charge in [0.05, 0.1) is 0 Å². The molecule has 0 aromatic rings. The Labute approximate surface area is 96.0 Å². The maximum absolute atomic E-state index is 5.99. The van der Waals surface area contributed by atoms with E-state index in [1.807, 2.05) is 7.05 Å². The number of rotatable bonds is 1. The predicted molar refractivity (Wildman–Crippen MR) is 69.0 cm³/mol. The van der Waals surface area contributed by atoms with E-state index < -0.39 is 0 Å². The minimum atomic E-state index is 0.425. The summed E-state index contributed by atoms with van der Waals surface area (Å²) in [5, 5.41) is 2.93. The molecule has 0 saturated heterocycles. The molecule has 0 amide bonds. The van der Waals surface area contributed by atoms with Crippen molar-refractivity contribution in [2.45, 2.75) is 59.9 Å². The molecule has 1 fully saturated rings. The third-order valence-corrected chi connectivity index (χ3v) is 2.94. The van der Waals surface area contributed by atoms with Crippen LogP contribution in [0, 0.1) is 10.8 Å². The molecular formula is C13H30N2. The standard InChI is InChI=1S/C10H21N.C3H9N/c1-9(2)5-8(11)6-10(3,4)7-9;1-3-4-2/h8H,5-7,11H2,1-4H3;4H,3H2,1-2H3. The lowest BCUT2D eigenvalue weighted by atomic mass is 9.64. The molecule has 0 atom stereocenters. The van der Waals surface area contributed by atoms with Crippen molar-refractivity contribution in [3.63, 3.8) is 0 Å². The van der Waals surface area contributed by atoms with Crippen molar-refractivity contribution < 1.29 is 0 Å². The minimum Gasteiger partial charge on any atom is -0.328 e. The molecular weight excluding hydrogens is 184 g/mol. The van der Waals surface area contributed by atoms with E-state index in [1.54, 1.807) is 0 Å². The molecule has 2 nitrogen and oxygen atoms in total. The quantitative estimate of drug-likeness (QED) is 0.704. The van der Waals surface area contributed by atoms with E-state index in [0.717, 1.165) is 6.54 Å². The Morgan fingerprint density at radius 3 is 1.67 bits per heavy atom. The van der Waals surface area contributed by atoms with Gasteiger partial charge in [-0.25, -0.2) is 0 Å². The first-order valence-electron chi connectivity index (χ1n) is 6.12. The molecule has 92 valence electrons. The number of nitrogens with two attached hydrogens (primary N) is 1. The number of hydrogen-bond donors (Lipinski definition) is 2. The second-order valence-corrected chi connectivity index (χ2v) is 6.38. The molecule has 0 aromatic carbocycles. The summed E-state index contributed by atoms with van der Waals surface area (Å²) in [6.45, 7) is 12.4. The van der Waals surface area contributed by atoms with Crippen molar-refractivity contribution in [3.8, 4) is 0 Å². The highest BCUT2D eigenvalue weighted by atomic mass is 14.8. The third kappa shape index (κ3) is 6.91. The van der Waals surface area contributed by atoms with Crippen LogP contribution in [0.4, 0.5) is 0 Å². The van der Waals surface area contributed by atoms with Crippen LogP contribution in [0.5, 0.6) is 0 Å². The molecule has 0 unspecified atom stereocenters. The van der Waals surface area contributed by atoms with Gasteiger partial charge in [-0.05, 0) is 43.7 Å². The molecule has 15 heavy (non-hydrogen) atoms. The largest absolute Gasteiger partial charge is 0.328 e. The van der Waals surface area contributed by atoms with Crippen LogP contribution in [-0.4, -0.2) is 19.6 Å². The first-order chi connectivity index (χ1) is 6.72. The minimum absolute atomic E-state index is 0.425. The van der Waals surface area contributed by atoms with E-state index in [9.17, 15) is 0 Å². The van der Waals surface area contributed by atoms with Crippen LogP contribution in [0.3, 0.4) is 0 Å². The molecule has 2 heteroatoms. The molecule has 0 bridgehead atoms. The molecule has 3 N–H and O–H groups in total. The van der Waals surface area contributed by atoms with Crippen molar-refractivity contribution >= 4 is 0 Å². The maximum Gasteiger partial charge on any atom is 0.00489 e. The zero-order chi connectivity index (χ0) is 12.1. The molecule has 0 spiro atoms. The van der Waals surface area contributed by atoms with Gasteiger partial charge in [0, 0.05) is 6.04 Å². The Morgan fingerprint density at radius 1 is 1.13 bits per heavy atom. The molecule has 0 aliphatic heterocycles. The Kier molecular flexibility index (Phi) is 5.82. The van der Waals surface area contributed by atoms with Crippen LogP contribution in [0.2, 0.25) is 0 Å². The average molecular weight is 214 g/mol. The summed E-state index contributed by atoms with van der Waals surface area (Å²) in [7, 11) is 1.93. The summed E-state index contributed by atoms with van der Waals surface area (Å²) >= 11 is 0. The summed E-state index contributed by atoms with van der Waals surface area (Å²) in [6.07, 6.45) is 3.70. The lowest BCUT2D eigenvalue weighted by molar-refractivity contribution is 0.0989. The highest BCUT2D eigenvalue weighted by Gasteiger charge is 2.36. The highest BCUT2D eigenvalue weighted by Crippen LogP contribution is 2.44. The van der Waals surface area contributed by atoms with Crippen LogP contribution in [0.25, 0.3) is 0 Å². The fourth-order valence-corrected chi connectivity index (χ4v) is 2.93. The molecule has 0 radical (unpaired) electrons. The second-order valence-electron chi connectivity index (χ2n) is 6.38. The van der Waals surface area contributed by atoms with Gasteiger partial charge in [0.1, 0.15) is 0 Å². The lowest BCUT2D eigenvalue weighted by Gasteiger charge is -2.43. The van der Waals surface area contributed by atoms with E-state index in [2.05, 4.69) is 39.9 Å². The fraction of sp³-hybridized carbons (Fsp3) is 1.00. The fourth-order valence-electron chi connectivity index (χ4n) is 2.93. The van der Waals surface area contributed by atoms with Gasteiger partial charge < -0.3 is 11.1 Å². The van der Waals surface area contributed by atoms with E-state index >= 15 is 0 Å². The Bertz CT molecular complexity index is 155. The van der Waals surface area contributed by atoms with Crippen LogP contribution < -0.4 is 11.1 Å². The Balaban J connectivity index is 0.000000423. The van der Waals surface area contributed by atoms with Crippen LogP contribution in [-0.2, 0) is 0 Å². The SMILES string of the molecule is CC1(C)CC(N)CC(C)(C)C1.CCNC. The smallest absolute Gasteiger partial charge is 0.00489 e. The lowest BCUT2D eigenvalue weighted by Crippen LogP contribution is -2.40. The van der Waals surface area contributed by atoms with Gasteiger partial charge in [-0.1, -0.05) is 34.6 Å². The molecule has 0 heterocycles. The molecule has 1 aliphatic carbocycles. The monoisotopic (exact) mass is 214 g/mol. The van der Waals surface area contributed by atoms with Gasteiger partial charge in [0.15, 0.2) is 0 Å². The van der Waals surface area contributed by atoms with Crippen LogP contribution >= 0.6 is 0 Å². The van der Waals surface area contributed by atoms with Gasteiger partial charge in [-0.3, -0.25) is 0 Å². The van der Waals surface area contributed by atoms with E-state index in [4.69, 9.17) is 5.73 Å². The van der Waals surface area contributed by atoms with Gasteiger partial charge in [-0.2, -0.15) is 0 Å². The van der Waals surface area contributed by atoms with Crippen molar-refractivity contribution in [3.05, 3.63) is 0 Å². The van der Waals surface area contributed by atoms with Crippen molar-refractivity contribution in [1.29, 1.82) is 0 Å². The summed E-state index contributed by atoms with van der Waals surface area (Å²) < 4.78 is 0. The summed E-state index contributed by atoms with van der Waals surface area (Å²) in [4.78, 5) is 0. The molecule has 0 aromatic heterocycles.